The topological polar surface area (TPSA) is 51.0 Å². The zero-order chi connectivity index (χ0) is 19.9. The molecule has 5 nitrogen and oxygen atoms in total. The summed E-state index contributed by atoms with van der Waals surface area (Å²) in [7, 11) is 1.87. The van der Waals surface area contributed by atoms with Crippen LogP contribution in [0.2, 0.25) is 0 Å². The first-order chi connectivity index (χ1) is 13.5. The van der Waals surface area contributed by atoms with E-state index in [1.807, 2.05) is 55.7 Å². The Bertz CT molecular complexity index is 901. The molecule has 0 N–H and O–H groups in total. The number of amides is 1. The van der Waals surface area contributed by atoms with Crippen molar-refractivity contribution >= 4 is 17.1 Å². The first-order valence-corrected chi connectivity index (χ1v) is 10.1. The molecule has 28 heavy (non-hydrogen) atoms. The molecule has 148 valence electrons. The standard InChI is InChI=1S/C23H30N4O/c1-18(2)14-16-27-21(25-20-11-8-15-24-23(20)27)12-7-13-22(28)26(3)17-19-9-5-4-6-10-19/h4-6,8-11,15,18H,7,12-14,16-17H2,1-3H3. The SMILES string of the molecule is CC(C)CCn1c(CCCC(=O)N(C)Cc2ccccc2)nc2cccnc21. The fraction of sp³-hybridized carbons (Fsp3) is 0.435. The smallest absolute Gasteiger partial charge is 0.222 e. The van der Waals surface area contributed by atoms with Crippen molar-refractivity contribution in [1.29, 1.82) is 0 Å². The number of fused-ring (bicyclic) bond motifs is 1. The number of hydrogen-bond donors (Lipinski definition) is 0. The van der Waals surface area contributed by atoms with Crippen molar-refractivity contribution in [2.24, 2.45) is 5.92 Å². The van der Waals surface area contributed by atoms with E-state index in [2.05, 4.69) is 23.4 Å². The second-order valence-corrected chi connectivity index (χ2v) is 7.80. The lowest BCUT2D eigenvalue weighted by Crippen LogP contribution is -2.26. The Morgan fingerprint density at radius 1 is 1.14 bits per heavy atom. The molecule has 0 fully saturated rings. The summed E-state index contributed by atoms with van der Waals surface area (Å²) < 4.78 is 2.23. The lowest BCUT2D eigenvalue weighted by molar-refractivity contribution is -0.130. The molecular formula is C23H30N4O. The maximum atomic E-state index is 12.5. The zero-order valence-electron chi connectivity index (χ0n) is 17.1. The Balaban J connectivity index is 1.60. The van der Waals surface area contributed by atoms with Gasteiger partial charge in [-0.1, -0.05) is 44.2 Å². The minimum atomic E-state index is 0.173. The number of carbonyl (C=O) groups is 1. The van der Waals surface area contributed by atoms with Crippen LogP contribution in [0.5, 0.6) is 0 Å². The molecule has 0 saturated heterocycles. The number of rotatable bonds is 9. The van der Waals surface area contributed by atoms with Crippen LogP contribution in [0.25, 0.3) is 11.2 Å². The van der Waals surface area contributed by atoms with Gasteiger partial charge in [0, 0.05) is 39.2 Å². The van der Waals surface area contributed by atoms with E-state index >= 15 is 0 Å². The van der Waals surface area contributed by atoms with E-state index in [-0.39, 0.29) is 5.91 Å². The van der Waals surface area contributed by atoms with Gasteiger partial charge in [0.25, 0.3) is 0 Å². The van der Waals surface area contributed by atoms with Crippen LogP contribution in [0, 0.1) is 5.92 Å². The number of benzene rings is 1. The number of pyridine rings is 1. The number of aromatic nitrogens is 3. The minimum absolute atomic E-state index is 0.173. The molecule has 0 aliphatic rings. The molecule has 1 aromatic carbocycles. The van der Waals surface area contributed by atoms with Crippen molar-refractivity contribution < 1.29 is 4.79 Å². The molecule has 5 heteroatoms. The molecule has 3 aromatic rings. The number of carbonyl (C=O) groups excluding carboxylic acids is 1. The Morgan fingerprint density at radius 2 is 1.93 bits per heavy atom. The third-order valence-corrected chi connectivity index (χ3v) is 4.99. The highest BCUT2D eigenvalue weighted by Crippen LogP contribution is 2.18. The fourth-order valence-electron chi connectivity index (χ4n) is 3.35. The first kappa shape index (κ1) is 20.1. The quantitative estimate of drug-likeness (QED) is 0.552. The third kappa shape index (κ3) is 5.18. The van der Waals surface area contributed by atoms with Crippen LogP contribution < -0.4 is 0 Å². The van der Waals surface area contributed by atoms with E-state index in [4.69, 9.17) is 4.98 Å². The van der Waals surface area contributed by atoms with E-state index in [0.29, 0.717) is 18.9 Å². The van der Waals surface area contributed by atoms with Crippen LogP contribution >= 0.6 is 0 Å². The van der Waals surface area contributed by atoms with Gasteiger partial charge in [-0.3, -0.25) is 4.79 Å². The molecule has 0 spiro atoms. The molecule has 0 aliphatic heterocycles. The Hall–Kier alpha value is -2.69. The minimum Gasteiger partial charge on any atom is -0.341 e. The maximum absolute atomic E-state index is 12.5. The van der Waals surface area contributed by atoms with E-state index < -0.39 is 0 Å². The summed E-state index contributed by atoms with van der Waals surface area (Å²) in [6.07, 6.45) is 5.03. The summed E-state index contributed by atoms with van der Waals surface area (Å²) >= 11 is 0. The maximum Gasteiger partial charge on any atom is 0.222 e. The van der Waals surface area contributed by atoms with Gasteiger partial charge in [0.05, 0.1) is 0 Å². The number of hydrogen-bond acceptors (Lipinski definition) is 3. The number of aryl methyl sites for hydroxylation is 2. The van der Waals surface area contributed by atoms with E-state index in [1.54, 1.807) is 4.90 Å². The summed E-state index contributed by atoms with van der Waals surface area (Å²) in [5.41, 5.74) is 3.04. The molecule has 2 heterocycles. The van der Waals surface area contributed by atoms with Crippen molar-refractivity contribution in [2.75, 3.05) is 7.05 Å². The molecule has 2 aromatic heterocycles. The van der Waals surface area contributed by atoms with Gasteiger partial charge in [0.1, 0.15) is 11.3 Å². The second-order valence-electron chi connectivity index (χ2n) is 7.80. The van der Waals surface area contributed by atoms with Gasteiger partial charge in [-0.2, -0.15) is 0 Å². The van der Waals surface area contributed by atoms with Gasteiger partial charge in [-0.25, -0.2) is 9.97 Å². The largest absolute Gasteiger partial charge is 0.341 e. The summed E-state index contributed by atoms with van der Waals surface area (Å²) in [6, 6.07) is 14.0. The van der Waals surface area contributed by atoms with E-state index in [0.717, 1.165) is 48.4 Å². The van der Waals surface area contributed by atoms with Crippen molar-refractivity contribution in [1.82, 2.24) is 19.4 Å². The molecule has 1 amide bonds. The predicted octanol–water partition coefficient (Wildman–Crippen LogP) is 4.46. The van der Waals surface area contributed by atoms with Gasteiger partial charge in [0.2, 0.25) is 5.91 Å². The molecule has 0 unspecified atom stereocenters. The van der Waals surface area contributed by atoms with E-state index in [1.165, 1.54) is 0 Å². The second kappa shape index (κ2) is 9.49. The van der Waals surface area contributed by atoms with Gasteiger partial charge < -0.3 is 9.47 Å². The van der Waals surface area contributed by atoms with Crippen LogP contribution in [0.1, 0.15) is 44.5 Å². The summed E-state index contributed by atoms with van der Waals surface area (Å²) in [5, 5.41) is 0. The summed E-state index contributed by atoms with van der Waals surface area (Å²) in [5.74, 6) is 1.84. The molecule has 3 rings (SSSR count). The lowest BCUT2D eigenvalue weighted by atomic mass is 10.1. The van der Waals surface area contributed by atoms with Gasteiger partial charge in [-0.15, -0.1) is 0 Å². The Morgan fingerprint density at radius 3 is 2.68 bits per heavy atom. The molecule has 0 radical (unpaired) electrons. The van der Waals surface area contributed by atoms with Crippen LogP contribution in [-0.4, -0.2) is 32.4 Å². The van der Waals surface area contributed by atoms with Crippen molar-refractivity contribution in [3.05, 3.63) is 60.0 Å². The Labute approximate surface area is 167 Å². The average molecular weight is 379 g/mol. The van der Waals surface area contributed by atoms with E-state index in [9.17, 15) is 4.79 Å². The van der Waals surface area contributed by atoms with Crippen molar-refractivity contribution in [3.63, 3.8) is 0 Å². The first-order valence-electron chi connectivity index (χ1n) is 10.1. The van der Waals surface area contributed by atoms with Gasteiger partial charge in [0.15, 0.2) is 5.65 Å². The summed E-state index contributed by atoms with van der Waals surface area (Å²) in [6.45, 7) is 6.03. The zero-order valence-corrected chi connectivity index (χ0v) is 17.1. The van der Waals surface area contributed by atoms with Crippen LogP contribution in [0.4, 0.5) is 0 Å². The lowest BCUT2D eigenvalue weighted by Gasteiger charge is -2.17. The van der Waals surface area contributed by atoms with Gasteiger partial charge >= 0.3 is 0 Å². The molecule has 0 bridgehead atoms. The molecule has 0 saturated carbocycles. The van der Waals surface area contributed by atoms with Crippen molar-refractivity contribution in [3.8, 4) is 0 Å². The average Bonchev–Trinajstić information content (AvgIpc) is 3.04. The molecule has 0 atom stereocenters. The fourth-order valence-corrected chi connectivity index (χ4v) is 3.35. The highest BCUT2D eigenvalue weighted by Gasteiger charge is 2.14. The third-order valence-electron chi connectivity index (χ3n) is 4.99. The van der Waals surface area contributed by atoms with Crippen molar-refractivity contribution in [2.45, 2.75) is 52.6 Å². The normalized spacial score (nSPS) is 11.3. The van der Waals surface area contributed by atoms with Crippen LogP contribution in [-0.2, 0) is 24.3 Å². The highest BCUT2D eigenvalue weighted by molar-refractivity contribution is 5.76. The van der Waals surface area contributed by atoms with Gasteiger partial charge in [-0.05, 0) is 36.5 Å². The summed E-state index contributed by atoms with van der Waals surface area (Å²) in [4.78, 5) is 23.6. The predicted molar refractivity (Wildman–Crippen MR) is 113 cm³/mol. The number of imidazole rings is 1. The molecule has 0 aliphatic carbocycles. The molecular weight excluding hydrogens is 348 g/mol. The van der Waals surface area contributed by atoms with Crippen LogP contribution in [0.15, 0.2) is 48.7 Å². The Kier molecular flexibility index (Phi) is 6.80. The van der Waals surface area contributed by atoms with Crippen LogP contribution in [0.3, 0.4) is 0 Å². The highest BCUT2D eigenvalue weighted by atomic mass is 16.2. The monoisotopic (exact) mass is 378 g/mol. The number of nitrogens with zero attached hydrogens (tertiary/aromatic N) is 4.